The van der Waals surface area contributed by atoms with Gasteiger partial charge in [-0.2, -0.15) is 0 Å². The van der Waals surface area contributed by atoms with E-state index in [9.17, 15) is 0 Å². The van der Waals surface area contributed by atoms with Crippen LogP contribution in [0.2, 0.25) is 0 Å². The molecule has 0 amide bonds. The van der Waals surface area contributed by atoms with Gasteiger partial charge in [-0.1, -0.05) is 41.4 Å². The zero-order valence-electron chi connectivity index (χ0n) is 9.95. The summed E-state index contributed by atoms with van der Waals surface area (Å²) in [5.74, 6) is 0.921. The summed E-state index contributed by atoms with van der Waals surface area (Å²) in [7, 11) is 0. The molecule has 1 fully saturated rings. The lowest BCUT2D eigenvalue weighted by Gasteiger charge is -2.32. The summed E-state index contributed by atoms with van der Waals surface area (Å²) in [6.45, 7) is 5.98. The van der Waals surface area contributed by atoms with Gasteiger partial charge in [0.25, 0.3) is 0 Å². The van der Waals surface area contributed by atoms with E-state index < -0.39 is 0 Å². The molecule has 1 saturated heterocycles. The molecule has 0 N–H and O–H groups in total. The first-order valence-corrected chi connectivity index (χ1v) is 7.04. The van der Waals surface area contributed by atoms with E-state index in [1.165, 1.54) is 42.4 Å². The summed E-state index contributed by atoms with van der Waals surface area (Å²) in [5, 5.41) is 0. The molecule has 0 aliphatic carbocycles. The first-order valence-electron chi connectivity index (χ1n) is 6.24. The van der Waals surface area contributed by atoms with Crippen LogP contribution in [0.1, 0.15) is 31.7 Å². The average molecular weight is 282 g/mol. The van der Waals surface area contributed by atoms with Crippen LogP contribution in [0.15, 0.2) is 28.7 Å². The van der Waals surface area contributed by atoms with E-state index in [0.717, 1.165) is 12.5 Å². The van der Waals surface area contributed by atoms with Crippen molar-refractivity contribution < 1.29 is 0 Å². The molecule has 0 aromatic heterocycles. The number of benzene rings is 1. The SMILES string of the molecule is CCC1CCCN(Cc2ccc(Br)cc2)C1. The predicted octanol–water partition coefficient (Wildman–Crippen LogP) is 4.07. The summed E-state index contributed by atoms with van der Waals surface area (Å²) < 4.78 is 1.17. The second kappa shape index (κ2) is 5.83. The molecule has 16 heavy (non-hydrogen) atoms. The average Bonchev–Trinajstić information content (AvgIpc) is 2.32. The summed E-state index contributed by atoms with van der Waals surface area (Å²) in [6, 6.07) is 8.71. The van der Waals surface area contributed by atoms with Gasteiger partial charge in [0.15, 0.2) is 0 Å². The molecule has 2 heteroatoms. The Kier molecular flexibility index (Phi) is 4.42. The van der Waals surface area contributed by atoms with Gasteiger partial charge in [0.1, 0.15) is 0 Å². The Bertz CT molecular complexity index is 320. The van der Waals surface area contributed by atoms with E-state index in [4.69, 9.17) is 0 Å². The lowest BCUT2D eigenvalue weighted by atomic mass is 9.95. The van der Waals surface area contributed by atoms with Crippen LogP contribution in [-0.4, -0.2) is 18.0 Å². The van der Waals surface area contributed by atoms with Crippen molar-refractivity contribution in [3.05, 3.63) is 34.3 Å². The van der Waals surface area contributed by atoms with Crippen molar-refractivity contribution in [3.63, 3.8) is 0 Å². The third-order valence-electron chi connectivity index (χ3n) is 3.50. The molecule has 0 saturated carbocycles. The number of rotatable bonds is 3. The molecule has 1 unspecified atom stereocenters. The number of piperidine rings is 1. The minimum absolute atomic E-state index is 0.921. The molecule has 1 atom stereocenters. The maximum Gasteiger partial charge on any atom is 0.0233 e. The predicted molar refractivity (Wildman–Crippen MR) is 72.4 cm³/mol. The molecule has 1 heterocycles. The highest BCUT2D eigenvalue weighted by Gasteiger charge is 2.18. The smallest absolute Gasteiger partial charge is 0.0233 e. The molecule has 0 bridgehead atoms. The Balaban J connectivity index is 1.91. The second-order valence-corrected chi connectivity index (χ2v) is 5.69. The van der Waals surface area contributed by atoms with E-state index in [1.807, 2.05) is 0 Å². The highest BCUT2D eigenvalue weighted by atomic mass is 79.9. The Morgan fingerprint density at radius 2 is 2.06 bits per heavy atom. The van der Waals surface area contributed by atoms with Crippen molar-refractivity contribution in [2.45, 2.75) is 32.7 Å². The Morgan fingerprint density at radius 1 is 1.31 bits per heavy atom. The van der Waals surface area contributed by atoms with Gasteiger partial charge in [-0.05, 0) is 43.0 Å². The van der Waals surface area contributed by atoms with Gasteiger partial charge < -0.3 is 0 Å². The van der Waals surface area contributed by atoms with Gasteiger partial charge in [-0.25, -0.2) is 0 Å². The van der Waals surface area contributed by atoms with Crippen molar-refractivity contribution >= 4 is 15.9 Å². The largest absolute Gasteiger partial charge is 0.299 e. The fraction of sp³-hybridized carbons (Fsp3) is 0.571. The van der Waals surface area contributed by atoms with Gasteiger partial charge in [0.05, 0.1) is 0 Å². The minimum atomic E-state index is 0.921. The zero-order chi connectivity index (χ0) is 11.4. The standard InChI is InChI=1S/C14H20BrN/c1-2-12-4-3-9-16(10-12)11-13-5-7-14(15)8-6-13/h5-8,12H,2-4,9-11H2,1H3. The van der Waals surface area contributed by atoms with E-state index in [1.54, 1.807) is 0 Å². The second-order valence-electron chi connectivity index (χ2n) is 4.78. The van der Waals surface area contributed by atoms with E-state index in [2.05, 4.69) is 52.0 Å². The Morgan fingerprint density at radius 3 is 2.75 bits per heavy atom. The van der Waals surface area contributed by atoms with Crippen LogP contribution < -0.4 is 0 Å². The number of halogens is 1. The maximum atomic E-state index is 3.48. The van der Waals surface area contributed by atoms with Crippen LogP contribution in [0.25, 0.3) is 0 Å². The van der Waals surface area contributed by atoms with Crippen molar-refractivity contribution in [1.82, 2.24) is 4.90 Å². The monoisotopic (exact) mass is 281 g/mol. The summed E-state index contributed by atoms with van der Waals surface area (Å²) in [4.78, 5) is 2.60. The topological polar surface area (TPSA) is 3.24 Å². The van der Waals surface area contributed by atoms with Crippen molar-refractivity contribution in [2.24, 2.45) is 5.92 Å². The molecule has 2 rings (SSSR count). The maximum absolute atomic E-state index is 3.48. The van der Waals surface area contributed by atoms with E-state index in [0.29, 0.717) is 0 Å². The van der Waals surface area contributed by atoms with Crippen molar-refractivity contribution in [1.29, 1.82) is 0 Å². The normalized spacial score (nSPS) is 22.2. The molecule has 1 nitrogen and oxygen atoms in total. The van der Waals surface area contributed by atoms with Crippen LogP contribution in [0.4, 0.5) is 0 Å². The quantitative estimate of drug-likeness (QED) is 0.807. The summed E-state index contributed by atoms with van der Waals surface area (Å²) in [5.41, 5.74) is 1.43. The molecule has 1 aromatic rings. The Labute approximate surface area is 107 Å². The van der Waals surface area contributed by atoms with Crippen LogP contribution in [0.3, 0.4) is 0 Å². The van der Waals surface area contributed by atoms with Crippen LogP contribution >= 0.6 is 15.9 Å². The molecular formula is C14H20BrN. The molecule has 0 radical (unpaired) electrons. The van der Waals surface area contributed by atoms with E-state index in [-0.39, 0.29) is 0 Å². The molecule has 1 aromatic carbocycles. The Hall–Kier alpha value is -0.340. The number of hydrogen-bond donors (Lipinski definition) is 0. The zero-order valence-corrected chi connectivity index (χ0v) is 11.5. The lowest BCUT2D eigenvalue weighted by Crippen LogP contribution is -2.34. The fourth-order valence-electron chi connectivity index (χ4n) is 2.48. The van der Waals surface area contributed by atoms with Crippen LogP contribution in [-0.2, 0) is 6.54 Å². The van der Waals surface area contributed by atoms with Crippen LogP contribution in [0, 0.1) is 5.92 Å². The van der Waals surface area contributed by atoms with Crippen LogP contribution in [0.5, 0.6) is 0 Å². The summed E-state index contributed by atoms with van der Waals surface area (Å²) in [6.07, 6.45) is 4.12. The number of nitrogens with zero attached hydrogens (tertiary/aromatic N) is 1. The lowest BCUT2D eigenvalue weighted by molar-refractivity contribution is 0.165. The molecule has 1 aliphatic rings. The number of likely N-dealkylation sites (tertiary alicyclic amines) is 1. The highest BCUT2D eigenvalue weighted by molar-refractivity contribution is 9.10. The number of hydrogen-bond acceptors (Lipinski definition) is 1. The summed E-state index contributed by atoms with van der Waals surface area (Å²) >= 11 is 3.48. The molecule has 88 valence electrons. The third kappa shape index (κ3) is 3.33. The van der Waals surface area contributed by atoms with Gasteiger partial charge in [-0.3, -0.25) is 4.90 Å². The highest BCUT2D eigenvalue weighted by Crippen LogP contribution is 2.21. The van der Waals surface area contributed by atoms with Gasteiger partial charge in [0, 0.05) is 17.6 Å². The van der Waals surface area contributed by atoms with Crippen molar-refractivity contribution in [2.75, 3.05) is 13.1 Å². The minimum Gasteiger partial charge on any atom is -0.299 e. The molecular weight excluding hydrogens is 262 g/mol. The fourth-order valence-corrected chi connectivity index (χ4v) is 2.74. The van der Waals surface area contributed by atoms with Gasteiger partial charge >= 0.3 is 0 Å². The third-order valence-corrected chi connectivity index (χ3v) is 4.03. The first-order chi connectivity index (χ1) is 7.78. The molecule has 0 spiro atoms. The van der Waals surface area contributed by atoms with Gasteiger partial charge in [-0.15, -0.1) is 0 Å². The molecule has 1 aliphatic heterocycles. The first kappa shape index (κ1) is 12.1. The van der Waals surface area contributed by atoms with Crippen molar-refractivity contribution in [3.8, 4) is 0 Å². The van der Waals surface area contributed by atoms with Gasteiger partial charge in [0.2, 0.25) is 0 Å². The van der Waals surface area contributed by atoms with E-state index >= 15 is 0 Å².